The zero-order valence-electron chi connectivity index (χ0n) is 10.1. The normalized spacial score (nSPS) is 20.6. The molecule has 0 fully saturated rings. The zero-order valence-corrected chi connectivity index (χ0v) is 8.14. The largest absolute Gasteiger partial charge is 0.390 e. The second-order valence-electron chi connectivity index (χ2n) is 3.15. The van der Waals surface area contributed by atoms with Crippen LogP contribution in [0.25, 0.3) is 5.57 Å². The Morgan fingerprint density at radius 2 is 2.07 bits per heavy atom. The summed E-state index contributed by atoms with van der Waals surface area (Å²) in [6, 6.07) is 9.38. The number of aliphatic hydroxyl groups is 2. The summed E-state index contributed by atoms with van der Waals surface area (Å²) in [5, 5.41) is 18.9. The molecule has 0 aliphatic carbocycles. The predicted molar refractivity (Wildman–Crippen MR) is 57.8 cm³/mol. The van der Waals surface area contributed by atoms with Crippen LogP contribution in [0.1, 0.15) is 22.1 Å². The summed E-state index contributed by atoms with van der Waals surface area (Å²) in [6.45, 7) is 1.23. The number of hydrogen-bond acceptors (Lipinski definition) is 2. The van der Waals surface area contributed by atoms with E-state index in [1.54, 1.807) is 6.92 Å². The molecule has 0 aromatic heterocycles. The maximum Gasteiger partial charge on any atom is 0.0982 e. The van der Waals surface area contributed by atoms with Crippen molar-refractivity contribution in [3.8, 4) is 0 Å². The summed E-state index contributed by atoms with van der Waals surface area (Å²) in [7, 11) is 0. The van der Waals surface area contributed by atoms with Crippen LogP contribution < -0.4 is 0 Å². The highest BCUT2D eigenvalue weighted by molar-refractivity contribution is 5.63. The Morgan fingerprint density at radius 3 is 2.64 bits per heavy atom. The Balaban J connectivity index is 2.86. The summed E-state index contributed by atoms with van der Waals surface area (Å²) < 4.78 is 14.3. The fourth-order valence-electron chi connectivity index (χ4n) is 1.13. The average Bonchev–Trinajstić information content (AvgIpc) is 2.30. The Morgan fingerprint density at radius 1 is 1.43 bits per heavy atom. The Hall–Kier alpha value is -1.12. The summed E-state index contributed by atoms with van der Waals surface area (Å²) >= 11 is 0. The lowest BCUT2D eigenvalue weighted by Gasteiger charge is -2.10. The maximum atomic E-state index is 9.57. The van der Waals surface area contributed by atoms with Gasteiger partial charge < -0.3 is 10.2 Å². The number of hydrogen-bond donors (Lipinski definition) is 2. The minimum atomic E-state index is -2.14. The van der Waals surface area contributed by atoms with Gasteiger partial charge in [-0.15, -0.1) is 0 Å². The summed E-state index contributed by atoms with van der Waals surface area (Å²) in [5.41, 5.74) is 1.69. The smallest absolute Gasteiger partial charge is 0.0982 e. The molecule has 0 radical (unpaired) electrons. The first kappa shape index (κ1) is 8.21. The third kappa shape index (κ3) is 2.98. The number of rotatable bonds is 3. The van der Waals surface area contributed by atoms with Crippen LogP contribution in [0.4, 0.5) is 0 Å². The SMILES string of the molecule is [2H]C[C@]([2H])(O)[C@H](O)/C=C(\C)c1ccccc1. The molecule has 1 rings (SSSR count). The summed E-state index contributed by atoms with van der Waals surface area (Å²) in [4.78, 5) is 0. The molecule has 76 valence electrons. The van der Waals surface area contributed by atoms with Crippen molar-refractivity contribution in [1.29, 1.82) is 0 Å². The lowest BCUT2D eigenvalue weighted by molar-refractivity contribution is 0.0621. The van der Waals surface area contributed by atoms with Crippen LogP contribution >= 0.6 is 0 Å². The molecule has 2 N–H and O–H groups in total. The van der Waals surface area contributed by atoms with Crippen molar-refractivity contribution in [1.82, 2.24) is 0 Å². The highest BCUT2D eigenvalue weighted by Crippen LogP contribution is 2.14. The highest BCUT2D eigenvalue weighted by atomic mass is 16.3. The van der Waals surface area contributed by atoms with Crippen LogP contribution in [0.15, 0.2) is 36.4 Å². The number of allylic oxidation sites excluding steroid dienone is 1. The van der Waals surface area contributed by atoms with Gasteiger partial charge in [-0.3, -0.25) is 0 Å². The van der Waals surface area contributed by atoms with Gasteiger partial charge in [-0.2, -0.15) is 0 Å². The molecule has 0 bridgehead atoms. The van der Waals surface area contributed by atoms with Gasteiger partial charge in [0.15, 0.2) is 0 Å². The molecule has 2 nitrogen and oxygen atoms in total. The van der Waals surface area contributed by atoms with E-state index in [0.717, 1.165) is 11.1 Å². The summed E-state index contributed by atoms with van der Waals surface area (Å²) in [5.74, 6) is 0. The third-order valence-corrected chi connectivity index (χ3v) is 1.98. The minimum absolute atomic E-state index is 0.563. The quantitative estimate of drug-likeness (QED) is 0.770. The van der Waals surface area contributed by atoms with Gasteiger partial charge >= 0.3 is 0 Å². The first-order valence-electron chi connectivity index (χ1n) is 5.61. The van der Waals surface area contributed by atoms with E-state index in [1.165, 1.54) is 6.08 Å². The van der Waals surface area contributed by atoms with Crippen LogP contribution in [0, 0.1) is 0 Å². The molecular weight excluding hydrogens is 176 g/mol. The molecule has 0 amide bonds. The Bertz CT molecular complexity index is 361. The lowest BCUT2D eigenvalue weighted by atomic mass is 10.0. The van der Waals surface area contributed by atoms with Crippen LogP contribution in [-0.4, -0.2) is 22.4 Å². The highest BCUT2D eigenvalue weighted by Gasteiger charge is 2.07. The van der Waals surface area contributed by atoms with Crippen molar-refractivity contribution in [2.45, 2.75) is 26.0 Å². The van der Waals surface area contributed by atoms with E-state index in [9.17, 15) is 10.2 Å². The van der Waals surface area contributed by atoms with Gasteiger partial charge in [0.05, 0.1) is 13.6 Å². The van der Waals surface area contributed by atoms with E-state index in [4.69, 9.17) is 2.74 Å². The minimum Gasteiger partial charge on any atom is -0.390 e. The fraction of sp³-hybridized carbons (Fsp3) is 0.333. The van der Waals surface area contributed by atoms with Crippen LogP contribution in [0.2, 0.25) is 0 Å². The van der Waals surface area contributed by atoms with E-state index in [2.05, 4.69) is 0 Å². The van der Waals surface area contributed by atoms with Gasteiger partial charge in [0, 0.05) is 1.37 Å². The van der Waals surface area contributed by atoms with E-state index >= 15 is 0 Å². The molecular formula is C12H16O2. The van der Waals surface area contributed by atoms with E-state index in [0.29, 0.717) is 0 Å². The molecule has 2 heteroatoms. The van der Waals surface area contributed by atoms with Gasteiger partial charge in [0.25, 0.3) is 0 Å². The molecule has 0 aliphatic rings. The molecule has 2 atom stereocenters. The van der Waals surface area contributed by atoms with Gasteiger partial charge in [-0.1, -0.05) is 36.4 Å². The Labute approximate surface area is 87.3 Å². The second-order valence-corrected chi connectivity index (χ2v) is 3.15. The van der Waals surface area contributed by atoms with Gasteiger partial charge in [0.1, 0.15) is 0 Å². The predicted octanol–water partition coefficient (Wildman–Crippen LogP) is 1.83. The number of aliphatic hydroxyl groups excluding tert-OH is 1. The molecule has 0 unspecified atom stereocenters. The zero-order chi connectivity index (χ0) is 12.2. The van der Waals surface area contributed by atoms with E-state index < -0.39 is 19.1 Å². The van der Waals surface area contributed by atoms with Crippen molar-refractivity contribution in [3.63, 3.8) is 0 Å². The van der Waals surface area contributed by atoms with Crippen molar-refractivity contribution in [2.24, 2.45) is 0 Å². The van der Waals surface area contributed by atoms with Crippen molar-refractivity contribution >= 4 is 5.57 Å². The van der Waals surface area contributed by atoms with Gasteiger partial charge in [0.2, 0.25) is 0 Å². The molecule has 0 heterocycles. The van der Waals surface area contributed by atoms with Crippen LogP contribution in [0.5, 0.6) is 0 Å². The van der Waals surface area contributed by atoms with E-state index in [1.807, 2.05) is 30.3 Å². The van der Waals surface area contributed by atoms with Crippen LogP contribution in [-0.2, 0) is 0 Å². The third-order valence-electron chi connectivity index (χ3n) is 1.98. The summed E-state index contributed by atoms with van der Waals surface area (Å²) in [6.07, 6.45) is -2.10. The topological polar surface area (TPSA) is 40.5 Å². The molecule has 0 saturated carbocycles. The molecule has 0 aliphatic heterocycles. The average molecular weight is 194 g/mol. The molecule has 0 spiro atoms. The Kier molecular flexibility index (Phi) is 2.89. The standard InChI is InChI=1S/C12H16O2/c1-9(8-12(14)10(2)13)11-6-4-3-5-7-11/h3-8,10,12-14H,1-2H3/b9-8+/t10-,12+/m0/s1/i2D,10D. The first-order chi connectivity index (χ1) is 7.47. The molecule has 0 saturated heterocycles. The number of benzene rings is 1. The lowest BCUT2D eigenvalue weighted by Crippen LogP contribution is -2.19. The molecule has 1 aromatic rings. The maximum absolute atomic E-state index is 9.57. The van der Waals surface area contributed by atoms with Crippen molar-refractivity contribution in [2.75, 3.05) is 0 Å². The first-order valence-corrected chi connectivity index (χ1v) is 4.41. The second kappa shape index (κ2) is 4.94. The molecule has 14 heavy (non-hydrogen) atoms. The van der Waals surface area contributed by atoms with Crippen molar-refractivity contribution < 1.29 is 13.0 Å². The van der Waals surface area contributed by atoms with Crippen molar-refractivity contribution in [3.05, 3.63) is 42.0 Å². The van der Waals surface area contributed by atoms with Gasteiger partial charge in [-0.05, 0) is 25.0 Å². The van der Waals surface area contributed by atoms with Crippen LogP contribution in [0.3, 0.4) is 0 Å². The fourth-order valence-corrected chi connectivity index (χ4v) is 1.13. The van der Waals surface area contributed by atoms with E-state index in [-0.39, 0.29) is 0 Å². The van der Waals surface area contributed by atoms with Gasteiger partial charge in [-0.25, -0.2) is 0 Å². The monoisotopic (exact) mass is 194 g/mol. The molecule has 1 aromatic carbocycles.